The van der Waals surface area contributed by atoms with Crippen molar-refractivity contribution in [2.75, 3.05) is 0 Å². The van der Waals surface area contributed by atoms with Crippen molar-refractivity contribution in [3.05, 3.63) is 0 Å². The second kappa shape index (κ2) is 5.78. The summed E-state index contributed by atoms with van der Waals surface area (Å²) in [6.45, 7) is 9.54. The molecule has 84 valence electrons. The number of hydrogen-bond acceptors (Lipinski definition) is 0. The van der Waals surface area contributed by atoms with Gasteiger partial charge in [-0.05, 0) is 36.5 Å². The zero-order chi connectivity index (χ0) is 10.6. The second-order valence-corrected chi connectivity index (χ2v) is 5.33. The molecule has 1 fully saturated rings. The van der Waals surface area contributed by atoms with Crippen LogP contribution < -0.4 is 0 Å². The van der Waals surface area contributed by atoms with E-state index >= 15 is 0 Å². The Morgan fingerprint density at radius 2 is 1.50 bits per heavy atom. The lowest BCUT2D eigenvalue weighted by atomic mass is 9.88. The van der Waals surface area contributed by atoms with Crippen molar-refractivity contribution in [1.82, 2.24) is 0 Å². The predicted molar refractivity (Wildman–Crippen MR) is 64.4 cm³/mol. The van der Waals surface area contributed by atoms with Crippen molar-refractivity contribution in [1.29, 1.82) is 0 Å². The minimum Gasteiger partial charge on any atom is -0.0654 e. The van der Waals surface area contributed by atoms with E-state index < -0.39 is 0 Å². The highest BCUT2D eigenvalue weighted by molar-refractivity contribution is 4.84. The van der Waals surface area contributed by atoms with Crippen LogP contribution in [0.15, 0.2) is 0 Å². The van der Waals surface area contributed by atoms with E-state index in [0.717, 1.165) is 23.7 Å². The molecule has 1 saturated carbocycles. The van der Waals surface area contributed by atoms with Crippen molar-refractivity contribution in [2.24, 2.45) is 23.7 Å². The maximum Gasteiger partial charge on any atom is -0.0383 e. The van der Waals surface area contributed by atoms with Gasteiger partial charge in [0.2, 0.25) is 0 Å². The molecule has 0 amide bonds. The molecule has 0 radical (unpaired) electrons. The van der Waals surface area contributed by atoms with Gasteiger partial charge in [-0.3, -0.25) is 0 Å². The number of hydrogen-bond donors (Lipinski definition) is 0. The number of rotatable bonds is 5. The summed E-state index contributed by atoms with van der Waals surface area (Å²) in [7, 11) is 0. The highest BCUT2D eigenvalue weighted by Crippen LogP contribution is 2.44. The highest BCUT2D eigenvalue weighted by atomic mass is 14.4. The molecule has 0 heterocycles. The molecule has 0 aromatic rings. The first kappa shape index (κ1) is 12.1. The quantitative estimate of drug-likeness (QED) is 0.587. The molecule has 0 aromatic carbocycles. The zero-order valence-electron chi connectivity index (χ0n) is 10.6. The maximum absolute atomic E-state index is 2.47. The Morgan fingerprint density at radius 3 is 1.86 bits per heavy atom. The van der Waals surface area contributed by atoms with Crippen LogP contribution in [0.5, 0.6) is 0 Å². The molecule has 0 nitrogen and oxygen atoms in total. The molecule has 0 aliphatic heterocycles. The molecule has 1 aliphatic carbocycles. The van der Waals surface area contributed by atoms with E-state index in [1.807, 2.05) is 0 Å². The maximum atomic E-state index is 2.47. The van der Waals surface area contributed by atoms with E-state index in [2.05, 4.69) is 27.7 Å². The van der Waals surface area contributed by atoms with Crippen LogP contribution in [0.4, 0.5) is 0 Å². The van der Waals surface area contributed by atoms with Crippen molar-refractivity contribution < 1.29 is 0 Å². The largest absolute Gasteiger partial charge is 0.0654 e. The molecule has 0 aromatic heterocycles. The molecule has 0 heteroatoms. The van der Waals surface area contributed by atoms with E-state index in [4.69, 9.17) is 0 Å². The summed E-state index contributed by atoms with van der Waals surface area (Å²) < 4.78 is 0. The third kappa shape index (κ3) is 2.74. The Labute approximate surface area is 90.5 Å². The van der Waals surface area contributed by atoms with Crippen molar-refractivity contribution >= 4 is 0 Å². The van der Waals surface area contributed by atoms with Crippen LogP contribution >= 0.6 is 0 Å². The highest BCUT2D eigenvalue weighted by Gasteiger charge is 2.33. The van der Waals surface area contributed by atoms with Gasteiger partial charge in [-0.2, -0.15) is 0 Å². The van der Waals surface area contributed by atoms with E-state index in [0.29, 0.717) is 0 Å². The summed E-state index contributed by atoms with van der Waals surface area (Å²) in [6, 6.07) is 0. The molecule has 0 N–H and O–H groups in total. The first-order valence-corrected chi connectivity index (χ1v) is 6.72. The Bertz CT molecular complexity index is 138. The van der Waals surface area contributed by atoms with Crippen LogP contribution in [0.3, 0.4) is 0 Å². The van der Waals surface area contributed by atoms with Gasteiger partial charge in [0.1, 0.15) is 0 Å². The van der Waals surface area contributed by atoms with Crippen molar-refractivity contribution in [2.45, 2.75) is 66.2 Å². The summed E-state index contributed by atoms with van der Waals surface area (Å²) in [6.07, 6.45) is 8.68. The fourth-order valence-corrected chi connectivity index (χ4v) is 3.41. The van der Waals surface area contributed by atoms with Crippen LogP contribution in [0.25, 0.3) is 0 Å². The van der Waals surface area contributed by atoms with Crippen LogP contribution in [0, 0.1) is 23.7 Å². The van der Waals surface area contributed by atoms with Gasteiger partial charge < -0.3 is 0 Å². The first-order chi connectivity index (χ1) is 6.72. The lowest BCUT2D eigenvalue weighted by molar-refractivity contribution is 0.328. The van der Waals surface area contributed by atoms with Crippen LogP contribution in [0.1, 0.15) is 66.2 Å². The molecule has 1 rings (SSSR count). The fourth-order valence-electron chi connectivity index (χ4n) is 3.41. The van der Waals surface area contributed by atoms with E-state index in [9.17, 15) is 0 Å². The second-order valence-electron chi connectivity index (χ2n) is 5.33. The third-order valence-electron chi connectivity index (χ3n) is 4.48. The molecular weight excluding hydrogens is 168 g/mol. The SMILES string of the molecule is CCCC(C)C1CC(CC)C(CC)C1. The Hall–Kier alpha value is 0. The summed E-state index contributed by atoms with van der Waals surface area (Å²) in [5.41, 5.74) is 0. The molecule has 3 atom stereocenters. The topological polar surface area (TPSA) is 0 Å². The Kier molecular flexibility index (Phi) is 4.98. The third-order valence-corrected chi connectivity index (χ3v) is 4.48. The Balaban J connectivity index is 2.43. The average molecular weight is 196 g/mol. The Morgan fingerprint density at radius 1 is 1.00 bits per heavy atom. The molecule has 0 bridgehead atoms. The first-order valence-electron chi connectivity index (χ1n) is 6.72. The van der Waals surface area contributed by atoms with Gasteiger partial charge in [0.05, 0.1) is 0 Å². The lowest BCUT2D eigenvalue weighted by Gasteiger charge is -2.18. The van der Waals surface area contributed by atoms with Gasteiger partial charge in [-0.15, -0.1) is 0 Å². The summed E-state index contributed by atoms with van der Waals surface area (Å²) in [5.74, 6) is 4.11. The molecule has 1 aliphatic rings. The molecule has 0 spiro atoms. The predicted octanol–water partition coefficient (Wildman–Crippen LogP) is 4.89. The minimum atomic E-state index is 0.977. The average Bonchev–Trinajstić information content (AvgIpc) is 2.61. The summed E-state index contributed by atoms with van der Waals surface area (Å²) in [4.78, 5) is 0. The monoisotopic (exact) mass is 196 g/mol. The van der Waals surface area contributed by atoms with Gasteiger partial charge >= 0.3 is 0 Å². The smallest absolute Gasteiger partial charge is 0.0383 e. The van der Waals surface area contributed by atoms with Crippen LogP contribution in [-0.2, 0) is 0 Å². The summed E-state index contributed by atoms with van der Waals surface area (Å²) >= 11 is 0. The molecular formula is C14H28. The van der Waals surface area contributed by atoms with Gasteiger partial charge in [0, 0.05) is 0 Å². The molecule has 14 heavy (non-hydrogen) atoms. The summed E-state index contributed by atoms with van der Waals surface area (Å²) in [5, 5.41) is 0. The van der Waals surface area contributed by atoms with E-state index in [-0.39, 0.29) is 0 Å². The van der Waals surface area contributed by atoms with Crippen LogP contribution in [0.2, 0.25) is 0 Å². The van der Waals surface area contributed by atoms with Crippen molar-refractivity contribution in [3.8, 4) is 0 Å². The van der Waals surface area contributed by atoms with Gasteiger partial charge in [0.25, 0.3) is 0 Å². The standard InChI is InChI=1S/C14H28/c1-5-8-11(4)14-9-12(6-2)13(7-3)10-14/h11-14H,5-10H2,1-4H3. The van der Waals surface area contributed by atoms with E-state index in [1.54, 1.807) is 0 Å². The van der Waals surface area contributed by atoms with Gasteiger partial charge in [-0.1, -0.05) is 53.4 Å². The van der Waals surface area contributed by atoms with Gasteiger partial charge in [0.15, 0.2) is 0 Å². The zero-order valence-corrected chi connectivity index (χ0v) is 10.6. The normalized spacial score (nSPS) is 34.7. The minimum absolute atomic E-state index is 0.977. The van der Waals surface area contributed by atoms with Crippen molar-refractivity contribution in [3.63, 3.8) is 0 Å². The van der Waals surface area contributed by atoms with Crippen LogP contribution in [-0.4, -0.2) is 0 Å². The van der Waals surface area contributed by atoms with Gasteiger partial charge in [-0.25, -0.2) is 0 Å². The fraction of sp³-hybridized carbons (Fsp3) is 1.00. The molecule has 0 saturated heterocycles. The van der Waals surface area contributed by atoms with E-state index in [1.165, 1.54) is 38.5 Å². The lowest BCUT2D eigenvalue weighted by Crippen LogP contribution is -2.08. The molecule has 3 unspecified atom stereocenters.